The van der Waals surface area contributed by atoms with Gasteiger partial charge in [-0.05, 0) is 31.2 Å². The highest BCUT2D eigenvalue weighted by Crippen LogP contribution is 2.46. The van der Waals surface area contributed by atoms with Gasteiger partial charge in [0.2, 0.25) is 0 Å². The van der Waals surface area contributed by atoms with Gasteiger partial charge in [0.05, 0.1) is 11.5 Å². The first kappa shape index (κ1) is 13.3. The molecule has 1 aliphatic carbocycles. The maximum atomic E-state index is 11.2. The van der Waals surface area contributed by atoms with Crippen molar-refractivity contribution in [2.45, 2.75) is 31.1 Å². The zero-order valence-corrected chi connectivity index (χ0v) is 10.5. The number of benzene rings is 1. The van der Waals surface area contributed by atoms with Crippen molar-refractivity contribution >= 4 is 12.3 Å². The molecule has 0 spiro atoms. The van der Waals surface area contributed by atoms with E-state index >= 15 is 0 Å². The minimum absolute atomic E-state index is 0.217. The summed E-state index contributed by atoms with van der Waals surface area (Å²) in [7, 11) is 0. The minimum atomic E-state index is -1.31. The third-order valence-electron chi connectivity index (χ3n) is 4.19. The van der Waals surface area contributed by atoms with Crippen molar-refractivity contribution in [2.75, 3.05) is 0 Å². The number of aliphatic carboxylic acids is 1. The minimum Gasteiger partial charge on any atom is -0.481 e. The number of carboxylic acids is 1. The van der Waals surface area contributed by atoms with Crippen LogP contribution in [0, 0.1) is 16.7 Å². The molecule has 0 radical (unpaired) electrons. The molecule has 19 heavy (non-hydrogen) atoms. The summed E-state index contributed by atoms with van der Waals surface area (Å²) >= 11 is 0. The first-order valence-corrected chi connectivity index (χ1v) is 6.25. The number of aldehydes is 1. The lowest BCUT2D eigenvalue weighted by Gasteiger charge is -2.38. The Morgan fingerprint density at radius 1 is 1.21 bits per heavy atom. The molecule has 4 nitrogen and oxygen atoms in total. The summed E-state index contributed by atoms with van der Waals surface area (Å²) in [6, 6.07) is 11.7. The zero-order valence-electron chi connectivity index (χ0n) is 10.5. The molecule has 1 aliphatic rings. The van der Waals surface area contributed by atoms with E-state index in [1.807, 2.05) is 30.3 Å². The second-order valence-corrected chi connectivity index (χ2v) is 5.14. The normalized spacial score (nSPS) is 30.3. The largest absolute Gasteiger partial charge is 0.481 e. The van der Waals surface area contributed by atoms with E-state index in [-0.39, 0.29) is 12.8 Å². The van der Waals surface area contributed by atoms with E-state index in [4.69, 9.17) is 0 Å². The Morgan fingerprint density at radius 3 is 2.21 bits per heavy atom. The standard InChI is InChI=1S/C15H15NO3/c16-10-14(12-4-2-1-3-5-12)6-8-15(11-17,9-7-14)13(18)19/h1-5,11H,6-9H2,(H,18,19). The van der Waals surface area contributed by atoms with Crippen LogP contribution in [0.4, 0.5) is 0 Å². The van der Waals surface area contributed by atoms with Crippen LogP contribution in [0.1, 0.15) is 31.2 Å². The van der Waals surface area contributed by atoms with Gasteiger partial charge in [-0.25, -0.2) is 0 Å². The van der Waals surface area contributed by atoms with E-state index in [1.165, 1.54) is 0 Å². The monoisotopic (exact) mass is 257 g/mol. The van der Waals surface area contributed by atoms with Gasteiger partial charge < -0.3 is 9.90 Å². The Balaban J connectivity index is 2.29. The second kappa shape index (κ2) is 4.85. The van der Waals surface area contributed by atoms with Crippen LogP contribution in [0.15, 0.2) is 30.3 Å². The fraction of sp³-hybridized carbons (Fsp3) is 0.400. The van der Waals surface area contributed by atoms with Gasteiger partial charge in [0.25, 0.3) is 0 Å². The smallest absolute Gasteiger partial charge is 0.316 e. The van der Waals surface area contributed by atoms with Crippen LogP contribution in [0.3, 0.4) is 0 Å². The van der Waals surface area contributed by atoms with E-state index < -0.39 is 16.8 Å². The van der Waals surface area contributed by atoms with E-state index in [2.05, 4.69) is 6.07 Å². The van der Waals surface area contributed by atoms with Crippen LogP contribution in [-0.4, -0.2) is 17.4 Å². The fourth-order valence-electron chi connectivity index (χ4n) is 2.73. The SMILES string of the molecule is N#CC1(c2ccccc2)CCC(C=O)(C(=O)O)CC1. The van der Waals surface area contributed by atoms with Crippen LogP contribution in [0.25, 0.3) is 0 Å². The molecule has 98 valence electrons. The van der Waals surface area contributed by atoms with E-state index in [0.717, 1.165) is 5.56 Å². The summed E-state index contributed by atoms with van der Waals surface area (Å²) in [6.07, 6.45) is 1.77. The molecule has 2 rings (SSSR count). The summed E-state index contributed by atoms with van der Waals surface area (Å²) in [4.78, 5) is 22.3. The summed E-state index contributed by atoms with van der Waals surface area (Å²) < 4.78 is 0. The zero-order chi connectivity index (χ0) is 13.9. The highest BCUT2D eigenvalue weighted by Gasteiger charge is 2.48. The third-order valence-corrected chi connectivity index (χ3v) is 4.19. The first-order valence-electron chi connectivity index (χ1n) is 6.25. The van der Waals surface area contributed by atoms with Crippen LogP contribution in [0.5, 0.6) is 0 Å². The number of hydrogen-bond donors (Lipinski definition) is 1. The van der Waals surface area contributed by atoms with Crippen LogP contribution >= 0.6 is 0 Å². The predicted octanol–water partition coefficient (Wildman–Crippen LogP) is 2.29. The number of carbonyl (C=O) groups is 2. The van der Waals surface area contributed by atoms with Crippen molar-refractivity contribution in [1.82, 2.24) is 0 Å². The number of hydrogen-bond acceptors (Lipinski definition) is 3. The molecule has 1 N–H and O–H groups in total. The van der Waals surface area contributed by atoms with Gasteiger partial charge in [0, 0.05) is 0 Å². The van der Waals surface area contributed by atoms with Crippen LogP contribution < -0.4 is 0 Å². The maximum absolute atomic E-state index is 11.2. The molecule has 0 aromatic heterocycles. The van der Waals surface area contributed by atoms with E-state index in [1.54, 1.807) is 0 Å². The Bertz CT molecular complexity index is 522. The van der Waals surface area contributed by atoms with E-state index in [9.17, 15) is 20.0 Å². The number of nitrogens with zero attached hydrogens (tertiary/aromatic N) is 1. The van der Waals surface area contributed by atoms with Gasteiger partial charge in [0.1, 0.15) is 11.7 Å². The van der Waals surface area contributed by atoms with Gasteiger partial charge in [-0.1, -0.05) is 30.3 Å². The van der Waals surface area contributed by atoms with Crippen LogP contribution in [-0.2, 0) is 15.0 Å². The van der Waals surface area contributed by atoms with Crippen molar-refractivity contribution in [3.63, 3.8) is 0 Å². The summed E-state index contributed by atoms with van der Waals surface area (Å²) in [5.74, 6) is -1.08. The molecule has 0 amide bonds. The fourth-order valence-corrected chi connectivity index (χ4v) is 2.73. The molecule has 0 aliphatic heterocycles. The molecular formula is C15H15NO3. The molecule has 4 heteroatoms. The molecule has 0 unspecified atom stereocenters. The van der Waals surface area contributed by atoms with Crippen molar-refractivity contribution in [3.05, 3.63) is 35.9 Å². The second-order valence-electron chi connectivity index (χ2n) is 5.14. The third kappa shape index (κ3) is 2.12. The Morgan fingerprint density at radius 2 is 1.79 bits per heavy atom. The predicted molar refractivity (Wildman–Crippen MR) is 68.3 cm³/mol. The molecular weight excluding hydrogens is 242 g/mol. The quantitative estimate of drug-likeness (QED) is 0.665. The highest BCUT2D eigenvalue weighted by molar-refractivity contribution is 5.92. The molecule has 0 atom stereocenters. The van der Waals surface area contributed by atoms with Gasteiger partial charge in [0.15, 0.2) is 0 Å². The number of carboxylic acid groups (broad SMARTS) is 1. The molecule has 0 bridgehead atoms. The highest BCUT2D eigenvalue weighted by atomic mass is 16.4. The van der Waals surface area contributed by atoms with Crippen molar-refractivity contribution < 1.29 is 14.7 Å². The Labute approximate surface area is 111 Å². The Hall–Kier alpha value is -2.15. The average Bonchev–Trinajstić information content (AvgIpc) is 2.48. The van der Waals surface area contributed by atoms with Gasteiger partial charge in [-0.15, -0.1) is 0 Å². The van der Waals surface area contributed by atoms with Gasteiger partial charge in [-0.2, -0.15) is 5.26 Å². The topological polar surface area (TPSA) is 78.2 Å². The lowest BCUT2D eigenvalue weighted by Crippen LogP contribution is -2.42. The van der Waals surface area contributed by atoms with Crippen LogP contribution in [0.2, 0.25) is 0 Å². The summed E-state index contributed by atoms with van der Waals surface area (Å²) in [5, 5.41) is 18.7. The molecule has 1 fully saturated rings. The van der Waals surface area contributed by atoms with Gasteiger partial charge >= 0.3 is 5.97 Å². The molecule has 0 saturated heterocycles. The molecule has 1 aromatic carbocycles. The summed E-state index contributed by atoms with van der Waals surface area (Å²) in [6.45, 7) is 0. The van der Waals surface area contributed by atoms with Gasteiger partial charge in [-0.3, -0.25) is 4.79 Å². The first-order chi connectivity index (χ1) is 9.08. The lowest BCUT2D eigenvalue weighted by atomic mass is 9.62. The molecule has 0 heterocycles. The van der Waals surface area contributed by atoms with E-state index in [0.29, 0.717) is 19.1 Å². The number of carbonyl (C=O) groups excluding carboxylic acids is 1. The molecule has 1 aromatic rings. The Kier molecular flexibility index (Phi) is 3.39. The average molecular weight is 257 g/mol. The van der Waals surface area contributed by atoms with Crippen molar-refractivity contribution in [1.29, 1.82) is 5.26 Å². The maximum Gasteiger partial charge on any atom is 0.316 e. The number of rotatable bonds is 3. The van der Waals surface area contributed by atoms with Crippen molar-refractivity contribution in [2.24, 2.45) is 5.41 Å². The number of nitriles is 1. The van der Waals surface area contributed by atoms with Crippen molar-refractivity contribution in [3.8, 4) is 6.07 Å². The lowest BCUT2D eigenvalue weighted by molar-refractivity contribution is -0.153. The molecule has 1 saturated carbocycles. The summed E-state index contributed by atoms with van der Waals surface area (Å²) in [5.41, 5.74) is -1.07.